The number of amides is 2. The van der Waals surface area contributed by atoms with E-state index in [4.69, 9.17) is 4.74 Å². The number of carbonyl (C=O) groups excluding carboxylic acids is 2. The number of hydrogen-bond acceptors (Lipinski definition) is 3. The zero-order valence-corrected chi connectivity index (χ0v) is 12.2. The third-order valence-corrected chi connectivity index (χ3v) is 4.96. The first kappa shape index (κ1) is 13.9. The predicted octanol–water partition coefficient (Wildman–Crippen LogP) is 0.882. The largest absolute Gasteiger partial charge is 0.372 e. The maximum atomic E-state index is 12.1. The van der Waals surface area contributed by atoms with E-state index in [2.05, 4.69) is 4.90 Å². The molecular formula is C15H24N2O3. The molecule has 0 aromatic heterocycles. The second kappa shape index (κ2) is 5.72. The Kier molecular flexibility index (Phi) is 3.96. The molecular weight excluding hydrogens is 256 g/mol. The van der Waals surface area contributed by atoms with E-state index >= 15 is 0 Å². The van der Waals surface area contributed by atoms with Gasteiger partial charge in [-0.3, -0.25) is 9.59 Å². The van der Waals surface area contributed by atoms with Crippen LogP contribution in [0.5, 0.6) is 0 Å². The van der Waals surface area contributed by atoms with Crippen molar-refractivity contribution in [3.8, 4) is 0 Å². The van der Waals surface area contributed by atoms with Gasteiger partial charge < -0.3 is 14.5 Å². The van der Waals surface area contributed by atoms with E-state index in [9.17, 15) is 9.59 Å². The van der Waals surface area contributed by atoms with Crippen LogP contribution in [-0.2, 0) is 14.3 Å². The van der Waals surface area contributed by atoms with Crippen LogP contribution in [0.3, 0.4) is 0 Å². The summed E-state index contributed by atoms with van der Waals surface area (Å²) in [6.07, 6.45) is 4.00. The van der Waals surface area contributed by atoms with Crippen LogP contribution in [0, 0.1) is 11.8 Å². The van der Waals surface area contributed by atoms with Crippen molar-refractivity contribution < 1.29 is 14.3 Å². The van der Waals surface area contributed by atoms with Crippen LogP contribution >= 0.6 is 0 Å². The van der Waals surface area contributed by atoms with E-state index in [1.807, 2.05) is 11.8 Å². The highest BCUT2D eigenvalue weighted by Crippen LogP contribution is 2.37. The van der Waals surface area contributed by atoms with Gasteiger partial charge in [0.15, 0.2) is 0 Å². The van der Waals surface area contributed by atoms with Gasteiger partial charge in [0, 0.05) is 38.7 Å². The Labute approximate surface area is 120 Å². The zero-order chi connectivity index (χ0) is 14.1. The summed E-state index contributed by atoms with van der Waals surface area (Å²) in [6.45, 7) is 5.12. The molecule has 3 saturated heterocycles. The van der Waals surface area contributed by atoms with E-state index in [-0.39, 0.29) is 12.5 Å². The third kappa shape index (κ3) is 2.55. The minimum absolute atomic E-state index is 0.108. The topological polar surface area (TPSA) is 49.9 Å². The molecule has 2 amide bonds. The molecule has 5 heteroatoms. The fraction of sp³-hybridized carbons (Fsp3) is 0.867. The van der Waals surface area contributed by atoms with Gasteiger partial charge in [-0.15, -0.1) is 0 Å². The molecule has 3 aliphatic rings. The van der Waals surface area contributed by atoms with Gasteiger partial charge in [-0.05, 0) is 38.0 Å². The lowest BCUT2D eigenvalue weighted by Crippen LogP contribution is -2.61. The van der Waals surface area contributed by atoms with Crippen LogP contribution < -0.4 is 0 Å². The van der Waals surface area contributed by atoms with Gasteiger partial charge in [0.05, 0.1) is 0 Å². The standard InChI is InChI=1S/C15H24N2O3/c1-2-20-10-15(19)16-7-11-6-12(9-16)13-4-3-5-14(18)17(13)8-11/h11-13H,2-10H2,1H3/t11-,12-,13-/m1/s1. The van der Waals surface area contributed by atoms with Crippen molar-refractivity contribution in [2.45, 2.75) is 38.6 Å². The van der Waals surface area contributed by atoms with Gasteiger partial charge in [-0.25, -0.2) is 0 Å². The van der Waals surface area contributed by atoms with Crippen LogP contribution in [0.4, 0.5) is 0 Å². The van der Waals surface area contributed by atoms with Crippen molar-refractivity contribution in [2.75, 3.05) is 32.8 Å². The van der Waals surface area contributed by atoms with Gasteiger partial charge >= 0.3 is 0 Å². The average Bonchev–Trinajstić information content (AvgIpc) is 2.46. The van der Waals surface area contributed by atoms with Crippen molar-refractivity contribution in [2.24, 2.45) is 11.8 Å². The van der Waals surface area contributed by atoms with E-state index < -0.39 is 0 Å². The zero-order valence-electron chi connectivity index (χ0n) is 12.2. The van der Waals surface area contributed by atoms with Crippen molar-refractivity contribution >= 4 is 11.8 Å². The first-order chi connectivity index (χ1) is 9.69. The third-order valence-electron chi connectivity index (χ3n) is 4.96. The minimum atomic E-state index is 0.108. The summed E-state index contributed by atoms with van der Waals surface area (Å²) in [5, 5.41) is 0. The molecule has 3 rings (SSSR count). The summed E-state index contributed by atoms with van der Waals surface area (Å²) >= 11 is 0. The molecule has 0 aliphatic carbocycles. The lowest BCUT2D eigenvalue weighted by Gasteiger charge is -2.52. The highest BCUT2D eigenvalue weighted by Gasteiger charge is 2.44. The van der Waals surface area contributed by atoms with Crippen molar-refractivity contribution in [1.29, 1.82) is 0 Å². The number of ether oxygens (including phenoxy) is 1. The Morgan fingerprint density at radius 1 is 1.35 bits per heavy atom. The van der Waals surface area contributed by atoms with Crippen LogP contribution in [-0.4, -0.2) is 60.5 Å². The average molecular weight is 280 g/mol. The Hall–Kier alpha value is -1.10. The number of piperidine rings is 3. The minimum Gasteiger partial charge on any atom is -0.372 e. The Balaban J connectivity index is 1.66. The number of fused-ring (bicyclic) bond motifs is 4. The highest BCUT2D eigenvalue weighted by atomic mass is 16.5. The van der Waals surface area contributed by atoms with Crippen LogP contribution in [0.2, 0.25) is 0 Å². The summed E-state index contributed by atoms with van der Waals surface area (Å²) < 4.78 is 5.24. The van der Waals surface area contributed by atoms with Crippen molar-refractivity contribution in [3.63, 3.8) is 0 Å². The smallest absolute Gasteiger partial charge is 0.248 e. The number of rotatable bonds is 3. The molecule has 3 aliphatic heterocycles. The van der Waals surface area contributed by atoms with Gasteiger partial charge in [-0.1, -0.05) is 0 Å². The molecule has 3 fully saturated rings. The van der Waals surface area contributed by atoms with E-state index in [0.717, 1.165) is 32.5 Å². The Morgan fingerprint density at radius 3 is 3.00 bits per heavy atom. The predicted molar refractivity (Wildman–Crippen MR) is 74.0 cm³/mol. The van der Waals surface area contributed by atoms with Gasteiger partial charge in [0.2, 0.25) is 11.8 Å². The Morgan fingerprint density at radius 2 is 2.20 bits per heavy atom. The molecule has 20 heavy (non-hydrogen) atoms. The first-order valence-electron chi connectivity index (χ1n) is 7.84. The molecule has 0 radical (unpaired) electrons. The molecule has 0 N–H and O–H groups in total. The quantitative estimate of drug-likeness (QED) is 0.771. The molecule has 0 spiro atoms. The normalized spacial score (nSPS) is 33.0. The molecule has 3 heterocycles. The van der Waals surface area contributed by atoms with E-state index in [1.165, 1.54) is 6.42 Å². The lowest BCUT2D eigenvalue weighted by atomic mass is 9.76. The van der Waals surface area contributed by atoms with Gasteiger partial charge in [0.1, 0.15) is 6.61 Å². The number of hydrogen-bond donors (Lipinski definition) is 0. The molecule has 0 saturated carbocycles. The number of nitrogens with zero attached hydrogens (tertiary/aromatic N) is 2. The van der Waals surface area contributed by atoms with E-state index in [0.29, 0.717) is 36.8 Å². The summed E-state index contributed by atoms with van der Waals surface area (Å²) in [7, 11) is 0. The summed E-state index contributed by atoms with van der Waals surface area (Å²) in [4.78, 5) is 28.2. The maximum Gasteiger partial charge on any atom is 0.248 e. The number of likely N-dealkylation sites (tertiary alicyclic amines) is 1. The molecule has 3 atom stereocenters. The fourth-order valence-electron chi connectivity index (χ4n) is 4.09. The monoisotopic (exact) mass is 280 g/mol. The molecule has 2 bridgehead atoms. The highest BCUT2D eigenvalue weighted by molar-refractivity contribution is 5.78. The second-order valence-corrected chi connectivity index (χ2v) is 6.30. The number of carbonyl (C=O) groups is 2. The van der Waals surface area contributed by atoms with Crippen LogP contribution in [0.15, 0.2) is 0 Å². The van der Waals surface area contributed by atoms with Gasteiger partial charge in [-0.2, -0.15) is 0 Å². The first-order valence-corrected chi connectivity index (χ1v) is 7.84. The molecule has 5 nitrogen and oxygen atoms in total. The molecule has 0 unspecified atom stereocenters. The van der Waals surface area contributed by atoms with Crippen molar-refractivity contribution in [3.05, 3.63) is 0 Å². The fourth-order valence-corrected chi connectivity index (χ4v) is 4.09. The lowest BCUT2D eigenvalue weighted by molar-refractivity contribution is -0.150. The summed E-state index contributed by atoms with van der Waals surface area (Å²) in [5.74, 6) is 1.36. The van der Waals surface area contributed by atoms with E-state index in [1.54, 1.807) is 0 Å². The summed E-state index contributed by atoms with van der Waals surface area (Å²) in [5.41, 5.74) is 0. The van der Waals surface area contributed by atoms with Crippen molar-refractivity contribution in [1.82, 2.24) is 9.80 Å². The Bertz CT molecular complexity index is 399. The summed E-state index contributed by atoms with van der Waals surface area (Å²) in [6, 6.07) is 0.371. The van der Waals surface area contributed by atoms with Gasteiger partial charge in [0.25, 0.3) is 0 Å². The van der Waals surface area contributed by atoms with Crippen LogP contribution in [0.25, 0.3) is 0 Å². The second-order valence-electron chi connectivity index (χ2n) is 6.30. The molecule has 112 valence electrons. The van der Waals surface area contributed by atoms with Crippen LogP contribution in [0.1, 0.15) is 32.6 Å². The SMILES string of the molecule is CCOCC(=O)N1C[C@H]2C[C@H](C1)[C@H]1CCCC(=O)N1C2. The maximum absolute atomic E-state index is 12.1. The molecule has 0 aromatic rings. The molecule has 0 aromatic carbocycles.